The monoisotopic (exact) mass is 199 g/mol. The lowest BCUT2D eigenvalue weighted by Gasteiger charge is -2.35. The van der Waals surface area contributed by atoms with Crippen molar-refractivity contribution in [3.63, 3.8) is 0 Å². The molecule has 0 radical (unpaired) electrons. The van der Waals surface area contributed by atoms with Crippen molar-refractivity contribution < 1.29 is 9.53 Å². The van der Waals surface area contributed by atoms with Gasteiger partial charge in [0, 0.05) is 6.04 Å². The Kier molecular flexibility index (Phi) is 4.39. The van der Waals surface area contributed by atoms with E-state index in [9.17, 15) is 4.79 Å². The van der Waals surface area contributed by atoms with E-state index in [0.717, 1.165) is 0 Å². The molecular weight excluding hydrogens is 178 g/mol. The number of likely N-dealkylation sites (N-methyl/N-ethyl adjacent to an activating group) is 1. The van der Waals surface area contributed by atoms with E-state index in [4.69, 9.17) is 0 Å². The average Bonchev–Trinajstić information content (AvgIpc) is 2.18. The Balaban J connectivity index is 2.41. The highest BCUT2D eigenvalue weighted by Crippen LogP contribution is 2.27. The predicted octanol–water partition coefficient (Wildman–Crippen LogP) is 1.67. The molecule has 0 aliphatic heterocycles. The Labute approximate surface area is 86.4 Å². The van der Waals surface area contributed by atoms with Gasteiger partial charge in [0.15, 0.2) is 0 Å². The van der Waals surface area contributed by atoms with Crippen LogP contribution in [0.5, 0.6) is 0 Å². The van der Waals surface area contributed by atoms with E-state index in [1.54, 1.807) is 0 Å². The van der Waals surface area contributed by atoms with Crippen molar-refractivity contribution in [2.75, 3.05) is 20.7 Å². The van der Waals surface area contributed by atoms with Crippen LogP contribution in [0.25, 0.3) is 0 Å². The van der Waals surface area contributed by atoms with Crippen LogP contribution in [0.3, 0.4) is 0 Å². The minimum atomic E-state index is -0.134. The van der Waals surface area contributed by atoms with Crippen molar-refractivity contribution >= 4 is 5.97 Å². The van der Waals surface area contributed by atoms with Gasteiger partial charge < -0.3 is 4.74 Å². The average molecular weight is 199 g/mol. The first-order valence-corrected chi connectivity index (χ1v) is 5.42. The van der Waals surface area contributed by atoms with Crippen molar-refractivity contribution in [3.8, 4) is 0 Å². The summed E-state index contributed by atoms with van der Waals surface area (Å²) >= 11 is 0. The molecule has 3 heteroatoms. The zero-order chi connectivity index (χ0) is 10.6. The van der Waals surface area contributed by atoms with Gasteiger partial charge in [-0.05, 0) is 25.8 Å². The van der Waals surface area contributed by atoms with E-state index in [2.05, 4.69) is 16.6 Å². The van der Waals surface area contributed by atoms with Gasteiger partial charge in [-0.1, -0.05) is 19.8 Å². The molecule has 0 heterocycles. The molecule has 3 nitrogen and oxygen atoms in total. The second-order valence-corrected chi connectivity index (χ2v) is 4.32. The summed E-state index contributed by atoms with van der Waals surface area (Å²) in [5.41, 5.74) is 0. The van der Waals surface area contributed by atoms with Crippen molar-refractivity contribution in [3.05, 3.63) is 0 Å². The lowest BCUT2D eigenvalue weighted by atomic mass is 9.85. The summed E-state index contributed by atoms with van der Waals surface area (Å²) in [6.45, 7) is 2.70. The largest absolute Gasteiger partial charge is 0.468 e. The van der Waals surface area contributed by atoms with E-state index >= 15 is 0 Å². The van der Waals surface area contributed by atoms with Gasteiger partial charge in [0.25, 0.3) is 0 Å². The fourth-order valence-corrected chi connectivity index (χ4v) is 2.34. The smallest absolute Gasteiger partial charge is 0.319 e. The van der Waals surface area contributed by atoms with Gasteiger partial charge in [-0.3, -0.25) is 9.69 Å². The van der Waals surface area contributed by atoms with Gasteiger partial charge >= 0.3 is 5.97 Å². The number of rotatable bonds is 3. The highest BCUT2D eigenvalue weighted by atomic mass is 16.5. The maximum absolute atomic E-state index is 11.1. The third-order valence-corrected chi connectivity index (χ3v) is 3.24. The van der Waals surface area contributed by atoms with Crippen LogP contribution >= 0.6 is 0 Å². The summed E-state index contributed by atoms with van der Waals surface area (Å²) in [7, 11) is 3.46. The first-order chi connectivity index (χ1) is 6.65. The van der Waals surface area contributed by atoms with Gasteiger partial charge in [0.05, 0.1) is 13.7 Å². The van der Waals surface area contributed by atoms with E-state index in [1.165, 1.54) is 32.8 Å². The summed E-state index contributed by atoms with van der Waals surface area (Å²) in [5.74, 6) is 0.573. The van der Waals surface area contributed by atoms with Crippen LogP contribution in [0.15, 0.2) is 0 Å². The first kappa shape index (κ1) is 11.5. The third-order valence-electron chi connectivity index (χ3n) is 3.24. The summed E-state index contributed by atoms with van der Waals surface area (Å²) in [5, 5.41) is 0. The second kappa shape index (κ2) is 5.35. The Bertz CT molecular complexity index is 194. The first-order valence-electron chi connectivity index (χ1n) is 5.42. The molecule has 1 saturated carbocycles. The van der Waals surface area contributed by atoms with Crippen LogP contribution in [0.4, 0.5) is 0 Å². The third kappa shape index (κ3) is 2.98. The van der Waals surface area contributed by atoms with Crippen LogP contribution in [-0.4, -0.2) is 37.6 Å². The number of carbonyl (C=O) groups excluding carboxylic acids is 1. The van der Waals surface area contributed by atoms with Crippen molar-refractivity contribution in [1.29, 1.82) is 0 Å². The number of ether oxygens (including phenoxy) is 1. The van der Waals surface area contributed by atoms with Crippen molar-refractivity contribution in [2.24, 2.45) is 5.92 Å². The SMILES string of the molecule is COC(=O)CN(C)C1CCCCC1C. The molecule has 0 N–H and O–H groups in total. The number of nitrogens with zero attached hydrogens (tertiary/aromatic N) is 1. The van der Waals surface area contributed by atoms with Crippen LogP contribution in [0, 0.1) is 5.92 Å². The Morgan fingerprint density at radius 2 is 2.07 bits per heavy atom. The van der Waals surface area contributed by atoms with E-state index in [0.29, 0.717) is 18.5 Å². The maximum atomic E-state index is 11.1. The number of carbonyl (C=O) groups is 1. The standard InChI is InChI=1S/C11H21NO2/c1-9-6-4-5-7-10(9)12(2)8-11(13)14-3/h9-10H,4-8H2,1-3H3. The number of esters is 1. The molecule has 14 heavy (non-hydrogen) atoms. The van der Waals surface area contributed by atoms with Gasteiger partial charge in [0.2, 0.25) is 0 Å². The summed E-state index contributed by atoms with van der Waals surface area (Å²) in [6, 6.07) is 0.558. The van der Waals surface area contributed by atoms with Crippen LogP contribution in [-0.2, 0) is 9.53 Å². The predicted molar refractivity (Wildman–Crippen MR) is 56.1 cm³/mol. The lowest BCUT2D eigenvalue weighted by Crippen LogP contribution is -2.41. The van der Waals surface area contributed by atoms with E-state index in [1.807, 2.05) is 7.05 Å². The Morgan fingerprint density at radius 3 is 2.64 bits per heavy atom. The molecule has 0 spiro atoms. The van der Waals surface area contributed by atoms with Crippen molar-refractivity contribution in [1.82, 2.24) is 4.90 Å². The van der Waals surface area contributed by atoms with Gasteiger partial charge in [0.1, 0.15) is 0 Å². The zero-order valence-corrected chi connectivity index (χ0v) is 9.45. The molecule has 1 aliphatic carbocycles. The van der Waals surface area contributed by atoms with Gasteiger partial charge in [-0.25, -0.2) is 0 Å². The van der Waals surface area contributed by atoms with Gasteiger partial charge in [-0.15, -0.1) is 0 Å². The molecule has 0 bridgehead atoms. The molecule has 0 amide bonds. The molecule has 1 aliphatic rings. The molecule has 2 atom stereocenters. The molecular formula is C11H21NO2. The Morgan fingerprint density at radius 1 is 1.43 bits per heavy atom. The second-order valence-electron chi connectivity index (χ2n) is 4.32. The molecule has 0 saturated heterocycles. The van der Waals surface area contributed by atoms with Crippen LogP contribution in [0.1, 0.15) is 32.6 Å². The van der Waals surface area contributed by atoms with Crippen LogP contribution < -0.4 is 0 Å². The molecule has 0 aromatic rings. The topological polar surface area (TPSA) is 29.5 Å². The maximum Gasteiger partial charge on any atom is 0.319 e. The zero-order valence-electron chi connectivity index (χ0n) is 9.45. The van der Waals surface area contributed by atoms with Crippen molar-refractivity contribution in [2.45, 2.75) is 38.6 Å². The number of hydrogen-bond donors (Lipinski definition) is 0. The number of hydrogen-bond acceptors (Lipinski definition) is 3. The molecule has 1 fully saturated rings. The van der Waals surface area contributed by atoms with Crippen LogP contribution in [0.2, 0.25) is 0 Å². The summed E-state index contributed by atoms with van der Waals surface area (Å²) < 4.78 is 4.67. The van der Waals surface area contributed by atoms with E-state index in [-0.39, 0.29) is 5.97 Å². The normalized spacial score (nSPS) is 27.7. The van der Waals surface area contributed by atoms with Gasteiger partial charge in [-0.2, -0.15) is 0 Å². The fraction of sp³-hybridized carbons (Fsp3) is 0.909. The Hall–Kier alpha value is -0.570. The summed E-state index contributed by atoms with van der Waals surface area (Å²) in [6.07, 6.45) is 5.13. The highest BCUT2D eigenvalue weighted by Gasteiger charge is 2.25. The summed E-state index contributed by atoms with van der Waals surface area (Å²) in [4.78, 5) is 13.2. The number of methoxy groups -OCH3 is 1. The fourth-order valence-electron chi connectivity index (χ4n) is 2.34. The molecule has 2 unspecified atom stereocenters. The minimum Gasteiger partial charge on any atom is -0.468 e. The molecule has 0 aromatic carbocycles. The molecule has 82 valence electrons. The van der Waals surface area contributed by atoms with E-state index < -0.39 is 0 Å². The highest BCUT2D eigenvalue weighted by molar-refractivity contribution is 5.71. The minimum absolute atomic E-state index is 0.134. The molecule has 0 aromatic heterocycles. The quantitative estimate of drug-likeness (QED) is 0.648. The molecule has 1 rings (SSSR count). The lowest BCUT2D eigenvalue weighted by molar-refractivity contribution is -0.142.